The van der Waals surface area contributed by atoms with Crippen LogP contribution < -0.4 is 5.32 Å². The van der Waals surface area contributed by atoms with Crippen LogP contribution in [-0.4, -0.2) is 13.0 Å². The van der Waals surface area contributed by atoms with Crippen LogP contribution in [0.5, 0.6) is 0 Å². The maximum absolute atomic E-state index is 12.5. The van der Waals surface area contributed by atoms with Crippen molar-refractivity contribution in [1.29, 1.82) is 0 Å². The average Bonchev–Trinajstić information content (AvgIpc) is 2.01. The molecule has 1 aromatic rings. The number of rotatable bonds is 1. The fourth-order valence-electron chi connectivity index (χ4n) is 0.829. The quantitative estimate of drug-likeness (QED) is 0.678. The van der Waals surface area contributed by atoms with E-state index in [1.54, 1.807) is 0 Å². The minimum atomic E-state index is -0.756. The molecule has 0 fully saturated rings. The lowest BCUT2D eigenvalue weighted by molar-refractivity contribution is 0.0962. The highest BCUT2D eigenvalue weighted by atomic mass is 19.1. The minimum absolute atomic E-state index is 0.0185. The molecule has 0 aliphatic carbocycles. The van der Waals surface area contributed by atoms with Crippen molar-refractivity contribution in [1.82, 2.24) is 5.32 Å². The third-order valence-electron chi connectivity index (χ3n) is 1.35. The first-order valence-electron chi connectivity index (χ1n) is 3.31. The fourth-order valence-corrected chi connectivity index (χ4v) is 0.829. The first-order chi connectivity index (χ1) is 5.63. The molecule has 1 rings (SSSR count). The van der Waals surface area contributed by atoms with Crippen molar-refractivity contribution in [2.75, 3.05) is 7.05 Å². The summed E-state index contributed by atoms with van der Waals surface area (Å²) in [7, 11) is 1.39. The van der Waals surface area contributed by atoms with E-state index < -0.39 is 17.5 Å². The zero-order valence-corrected chi connectivity index (χ0v) is 6.40. The lowest BCUT2D eigenvalue weighted by Gasteiger charge is -1.99. The molecule has 0 saturated heterocycles. The van der Waals surface area contributed by atoms with Crippen LogP contribution in [0.1, 0.15) is 10.4 Å². The van der Waals surface area contributed by atoms with E-state index in [2.05, 4.69) is 5.32 Å². The van der Waals surface area contributed by atoms with E-state index in [-0.39, 0.29) is 5.56 Å². The Bertz CT molecular complexity index is 292. The van der Waals surface area contributed by atoms with Gasteiger partial charge in [-0.2, -0.15) is 0 Å². The maximum Gasteiger partial charge on any atom is 0.251 e. The van der Waals surface area contributed by atoms with Gasteiger partial charge in [0.05, 0.1) is 0 Å². The number of hydrogen-bond donors (Lipinski definition) is 1. The summed E-state index contributed by atoms with van der Waals surface area (Å²) in [6.45, 7) is 0. The Balaban J connectivity index is 3.08. The van der Waals surface area contributed by atoms with Crippen LogP contribution in [-0.2, 0) is 0 Å². The number of hydrogen-bond acceptors (Lipinski definition) is 1. The van der Waals surface area contributed by atoms with Gasteiger partial charge < -0.3 is 5.32 Å². The highest BCUT2D eigenvalue weighted by Crippen LogP contribution is 2.07. The van der Waals surface area contributed by atoms with E-state index in [0.29, 0.717) is 6.07 Å². The molecule has 0 unspecified atom stereocenters. The SMILES string of the molecule is CNC(=O)c1cc(F)cc(F)c1. The summed E-state index contributed by atoms with van der Waals surface area (Å²) in [5.74, 6) is -2.02. The third kappa shape index (κ3) is 1.78. The van der Waals surface area contributed by atoms with Gasteiger partial charge in [0.15, 0.2) is 0 Å². The molecular formula is C8H7F2NO. The van der Waals surface area contributed by atoms with Crippen LogP contribution in [0.3, 0.4) is 0 Å². The Kier molecular flexibility index (Phi) is 2.38. The summed E-state index contributed by atoms with van der Waals surface area (Å²) in [6.07, 6.45) is 0. The lowest BCUT2D eigenvalue weighted by atomic mass is 10.2. The molecule has 0 bridgehead atoms. The first kappa shape index (κ1) is 8.64. The van der Waals surface area contributed by atoms with Gasteiger partial charge in [0.1, 0.15) is 11.6 Å². The van der Waals surface area contributed by atoms with Crippen molar-refractivity contribution < 1.29 is 13.6 Å². The van der Waals surface area contributed by atoms with Gasteiger partial charge in [-0.3, -0.25) is 4.79 Å². The molecule has 1 N–H and O–H groups in total. The highest BCUT2D eigenvalue weighted by Gasteiger charge is 2.06. The van der Waals surface area contributed by atoms with Gasteiger partial charge in [-0.25, -0.2) is 8.78 Å². The van der Waals surface area contributed by atoms with E-state index in [4.69, 9.17) is 0 Å². The number of nitrogens with one attached hydrogen (secondary N) is 1. The minimum Gasteiger partial charge on any atom is -0.355 e. The number of amides is 1. The maximum atomic E-state index is 12.5. The van der Waals surface area contributed by atoms with E-state index in [0.717, 1.165) is 12.1 Å². The van der Waals surface area contributed by atoms with Gasteiger partial charge in [-0.15, -0.1) is 0 Å². The van der Waals surface area contributed by atoms with Crippen LogP contribution in [0.15, 0.2) is 18.2 Å². The van der Waals surface area contributed by atoms with Crippen LogP contribution in [0.2, 0.25) is 0 Å². The molecule has 2 nitrogen and oxygen atoms in total. The lowest BCUT2D eigenvalue weighted by Crippen LogP contribution is -2.18. The standard InChI is InChI=1S/C8H7F2NO/c1-11-8(12)5-2-6(9)4-7(10)3-5/h2-4H,1H3,(H,11,12). The third-order valence-corrected chi connectivity index (χ3v) is 1.35. The monoisotopic (exact) mass is 171 g/mol. The fraction of sp³-hybridized carbons (Fsp3) is 0.125. The highest BCUT2D eigenvalue weighted by molar-refractivity contribution is 5.93. The van der Waals surface area contributed by atoms with Crippen LogP contribution >= 0.6 is 0 Å². The summed E-state index contributed by atoms with van der Waals surface area (Å²) in [5, 5.41) is 2.26. The van der Waals surface area contributed by atoms with Crippen molar-refractivity contribution >= 4 is 5.91 Å². The van der Waals surface area contributed by atoms with Crippen molar-refractivity contribution in [2.24, 2.45) is 0 Å². The molecule has 1 aromatic carbocycles. The molecule has 0 aliphatic rings. The number of halogens is 2. The Morgan fingerprint density at radius 2 is 1.75 bits per heavy atom. The van der Waals surface area contributed by atoms with Gasteiger partial charge >= 0.3 is 0 Å². The summed E-state index contributed by atoms with van der Waals surface area (Å²) < 4.78 is 25.0. The Hall–Kier alpha value is -1.45. The van der Waals surface area contributed by atoms with Crippen LogP contribution in [0.4, 0.5) is 8.78 Å². The number of carbonyl (C=O) groups is 1. The van der Waals surface area contributed by atoms with E-state index >= 15 is 0 Å². The molecule has 0 aromatic heterocycles. The van der Waals surface area contributed by atoms with Gasteiger partial charge in [0.2, 0.25) is 0 Å². The van der Waals surface area contributed by atoms with Crippen molar-refractivity contribution in [3.05, 3.63) is 35.4 Å². The van der Waals surface area contributed by atoms with Crippen molar-refractivity contribution in [3.8, 4) is 0 Å². The largest absolute Gasteiger partial charge is 0.355 e. The molecule has 0 atom stereocenters. The molecule has 12 heavy (non-hydrogen) atoms. The zero-order valence-electron chi connectivity index (χ0n) is 6.40. The molecule has 1 amide bonds. The van der Waals surface area contributed by atoms with E-state index in [9.17, 15) is 13.6 Å². The second-order valence-electron chi connectivity index (χ2n) is 2.24. The first-order valence-corrected chi connectivity index (χ1v) is 3.31. The van der Waals surface area contributed by atoms with Gasteiger partial charge in [0.25, 0.3) is 5.91 Å². The molecule has 0 heterocycles. The molecular weight excluding hydrogens is 164 g/mol. The van der Waals surface area contributed by atoms with Crippen molar-refractivity contribution in [3.63, 3.8) is 0 Å². The second-order valence-corrected chi connectivity index (χ2v) is 2.24. The van der Waals surface area contributed by atoms with Crippen LogP contribution in [0, 0.1) is 11.6 Å². The molecule has 0 aliphatic heterocycles. The van der Waals surface area contributed by atoms with Crippen LogP contribution in [0.25, 0.3) is 0 Å². The molecule has 0 saturated carbocycles. The topological polar surface area (TPSA) is 29.1 Å². The van der Waals surface area contributed by atoms with Gasteiger partial charge in [-0.05, 0) is 12.1 Å². The summed E-state index contributed by atoms with van der Waals surface area (Å²) in [5.41, 5.74) is -0.0185. The van der Waals surface area contributed by atoms with Gasteiger partial charge in [0, 0.05) is 18.7 Å². The smallest absolute Gasteiger partial charge is 0.251 e. The summed E-state index contributed by atoms with van der Waals surface area (Å²) in [6, 6.07) is 2.66. The Labute approximate surface area is 68.2 Å². The Morgan fingerprint density at radius 1 is 1.25 bits per heavy atom. The van der Waals surface area contributed by atoms with Crippen molar-refractivity contribution in [2.45, 2.75) is 0 Å². The molecule has 4 heteroatoms. The molecule has 64 valence electrons. The molecule has 0 radical (unpaired) electrons. The zero-order chi connectivity index (χ0) is 9.14. The second kappa shape index (κ2) is 3.30. The number of carbonyl (C=O) groups excluding carboxylic acids is 1. The van der Waals surface area contributed by atoms with Gasteiger partial charge in [-0.1, -0.05) is 0 Å². The summed E-state index contributed by atoms with van der Waals surface area (Å²) >= 11 is 0. The Morgan fingerprint density at radius 3 is 2.17 bits per heavy atom. The predicted molar refractivity (Wildman–Crippen MR) is 39.7 cm³/mol. The predicted octanol–water partition coefficient (Wildman–Crippen LogP) is 1.32. The van der Waals surface area contributed by atoms with E-state index in [1.807, 2.05) is 0 Å². The average molecular weight is 171 g/mol. The van der Waals surface area contributed by atoms with E-state index in [1.165, 1.54) is 7.05 Å². The summed E-state index contributed by atoms with van der Waals surface area (Å²) in [4.78, 5) is 10.9. The number of benzene rings is 1. The normalized spacial score (nSPS) is 9.58. The molecule has 0 spiro atoms.